The minimum absolute atomic E-state index is 0.0747. The molecule has 2 aliphatic rings. The fourth-order valence-corrected chi connectivity index (χ4v) is 5.25. The van der Waals surface area contributed by atoms with Gasteiger partial charge < -0.3 is 14.2 Å². The Hall–Kier alpha value is -3.41. The number of ether oxygens (including phenoxy) is 3. The number of nitrogens with zero attached hydrogens (tertiary/aromatic N) is 1. The first-order chi connectivity index (χ1) is 17.3. The highest BCUT2D eigenvalue weighted by atomic mass is 16.5. The number of aliphatic imine (C=N–C) groups is 1. The fraction of sp³-hybridized carbons (Fsp3) is 0.433. The van der Waals surface area contributed by atoms with Crippen molar-refractivity contribution in [3.05, 3.63) is 70.9 Å². The maximum atomic E-state index is 13.7. The van der Waals surface area contributed by atoms with Crippen LogP contribution in [0.1, 0.15) is 69.9 Å². The van der Waals surface area contributed by atoms with Crippen LogP contribution in [0.2, 0.25) is 0 Å². The molecule has 2 aromatic carbocycles. The molecule has 0 saturated heterocycles. The molecule has 1 heterocycles. The first-order valence-electron chi connectivity index (χ1n) is 12.7. The topological polar surface area (TPSA) is 74.2 Å². The molecule has 0 aromatic heterocycles. The lowest BCUT2D eigenvalue weighted by Gasteiger charge is -2.38. The smallest absolute Gasteiger partial charge is 0.336 e. The zero-order valence-corrected chi connectivity index (χ0v) is 21.7. The Morgan fingerprint density at radius 1 is 1.03 bits per heavy atom. The molecule has 0 N–H and O–H groups in total. The van der Waals surface area contributed by atoms with Crippen molar-refractivity contribution in [1.29, 1.82) is 0 Å². The molecule has 1 aliphatic heterocycles. The van der Waals surface area contributed by atoms with Crippen LogP contribution in [-0.4, -0.2) is 37.3 Å². The molecular formula is C30H35NO5. The van der Waals surface area contributed by atoms with Crippen LogP contribution in [0.25, 0.3) is 0 Å². The van der Waals surface area contributed by atoms with Crippen LogP contribution in [0, 0.1) is 5.92 Å². The molecule has 1 fully saturated rings. The number of rotatable bonds is 8. The van der Waals surface area contributed by atoms with Gasteiger partial charge in [0.15, 0.2) is 11.5 Å². The quantitative estimate of drug-likeness (QED) is 0.425. The summed E-state index contributed by atoms with van der Waals surface area (Å²) in [6, 6.07) is 15.8. The van der Waals surface area contributed by atoms with Crippen molar-refractivity contribution >= 4 is 17.5 Å². The van der Waals surface area contributed by atoms with Gasteiger partial charge in [-0.1, -0.05) is 43.3 Å². The standard InChI is InChI=1S/C30H35NO5/c1-6-14-35-25-13-12-21(17-26(25)34-5)28-27(30(33)36-18(2)3)19(4)31-23-15-22(16-24(32)29(23)28)20-10-8-7-9-11-20/h7-13,17-18,22,28-29H,6,14-16H2,1-5H3/t22-,28-,29?/m0/s1. The molecule has 1 unspecified atom stereocenters. The Balaban J connectivity index is 1.79. The third-order valence-electron chi connectivity index (χ3n) is 6.80. The molecule has 6 heteroatoms. The number of hydrogen-bond donors (Lipinski definition) is 0. The predicted molar refractivity (Wildman–Crippen MR) is 140 cm³/mol. The number of hydrogen-bond acceptors (Lipinski definition) is 6. The van der Waals surface area contributed by atoms with E-state index in [1.54, 1.807) is 7.11 Å². The molecule has 1 saturated carbocycles. The van der Waals surface area contributed by atoms with Gasteiger partial charge >= 0.3 is 5.97 Å². The summed E-state index contributed by atoms with van der Waals surface area (Å²) in [4.78, 5) is 31.9. The van der Waals surface area contributed by atoms with Crippen molar-refractivity contribution in [3.63, 3.8) is 0 Å². The first kappa shape index (κ1) is 25.7. The predicted octanol–water partition coefficient (Wildman–Crippen LogP) is 6.01. The van der Waals surface area contributed by atoms with E-state index >= 15 is 0 Å². The van der Waals surface area contributed by atoms with E-state index < -0.39 is 17.8 Å². The summed E-state index contributed by atoms with van der Waals surface area (Å²) in [5, 5.41) is 0. The second kappa shape index (κ2) is 11.1. The van der Waals surface area contributed by atoms with Gasteiger partial charge in [0.1, 0.15) is 5.78 Å². The van der Waals surface area contributed by atoms with Crippen LogP contribution in [0.5, 0.6) is 11.5 Å². The minimum Gasteiger partial charge on any atom is -0.493 e. The first-order valence-corrected chi connectivity index (χ1v) is 12.7. The normalized spacial score (nSPS) is 21.7. The number of fused-ring (bicyclic) bond motifs is 1. The number of esters is 1. The number of carbonyl (C=O) groups is 2. The van der Waals surface area contributed by atoms with Crippen molar-refractivity contribution in [2.45, 2.75) is 64.9 Å². The van der Waals surface area contributed by atoms with Gasteiger partial charge in [0.25, 0.3) is 0 Å². The maximum Gasteiger partial charge on any atom is 0.336 e. The molecule has 4 rings (SSSR count). The largest absolute Gasteiger partial charge is 0.493 e. The number of Topliss-reactive ketones (excluding diaryl/α,β-unsaturated/α-hetero) is 1. The van der Waals surface area contributed by atoms with Gasteiger partial charge in [-0.25, -0.2) is 4.79 Å². The molecule has 6 nitrogen and oxygen atoms in total. The average molecular weight is 490 g/mol. The maximum absolute atomic E-state index is 13.7. The Morgan fingerprint density at radius 2 is 1.78 bits per heavy atom. The van der Waals surface area contributed by atoms with Crippen molar-refractivity contribution in [2.24, 2.45) is 10.9 Å². The van der Waals surface area contributed by atoms with Gasteiger partial charge in [-0.2, -0.15) is 0 Å². The molecule has 2 aromatic rings. The Labute approximate surface area is 213 Å². The van der Waals surface area contributed by atoms with Crippen molar-refractivity contribution in [3.8, 4) is 11.5 Å². The van der Waals surface area contributed by atoms with E-state index in [4.69, 9.17) is 19.2 Å². The van der Waals surface area contributed by atoms with Gasteiger partial charge in [-0.3, -0.25) is 9.79 Å². The summed E-state index contributed by atoms with van der Waals surface area (Å²) in [7, 11) is 1.59. The van der Waals surface area contributed by atoms with Crippen molar-refractivity contribution < 1.29 is 23.8 Å². The fourth-order valence-electron chi connectivity index (χ4n) is 5.25. The zero-order valence-electron chi connectivity index (χ0n) is 21.7. The summed E-state index contributed by atoms with van der Waals surface area (Å²) in [6.45, 7) is 8.09. The van der Waals surface area contributed by atoms with E-state index in [0.717, 1.165) is 23.3 Å². The van der Waals surface area contributed by atoms with Crippen LogP contribution in [0.4, 0.5) is 0 Å². The highest BCUT2D eigenvalue weighted by Crippen LogP contribution is 2.47. The van der Waals surface area contributed by atoms with E-state index in [1.165, 1.54) is 0 Å². The molecule has 1 aliphatic carbocycles. The summed E-state index contributed by atoms with van der Waals surface area (Å²) >= 11 is 0. The third kappa shape index (κ3) is 5.23. The molecular weight excluding hydrogens is 454 g/mol. The lowest BCUT2D eigenvalue weighted by atomic mass is 9.66. The number of carbonyl (C=O) groups excluding carboxylic acids is 2. The van der Waals surface area contributed by atoms with Crippen LogP contribution >= 0.6 is 0 Å². The molecule has 0 radical (unpaired) electrons. The molecule has 190 valence electrons. The highest BCUT2D eigenvalue weighted by molar-refractivity contribution is 6.12. The Morgan fingerprint density at radius 3 is 2.44 bits per heavy atom. The van der Waals surface area contributed by atoms with E-state index in [1.807, 2.05) is 64.1 Å². The molecule has 0 amide bonds. The molecule has 0 bridgehead atoms. The van der Waals surface area contributed by atoms with E-state index in [-0.39, 0.29) is 17.8 Å². The molecule has 3 atom stereocenters. The van der Waals surface area contributed by atoms with Crippen molar-refractivity contribution in [2.75, 3.05) is 13.7 Å². The van der Waals surface area contributed by atoms with E-state index in [9.17, 15) is 9.59 Å². The zero-order chi connectivity index (χ0) is 25.8. The summed E-state index contributed by atoms with van der Waals surface area (Å²) < 4.78 is 17.1. The van der Waals surface area contributed by atoms with Crippen LogP contribution in [0.3, 0.4) is 0 Å². The Bertz CT molecular complexity index is 1180. The lowest BCUT2D eigenvalue weighted by molar-refractivity contribution is -0.143. The van der Waals surface area contributed by atoms with Gasteiger partial charge in [0.05, 0.1) is 31.3 Å². The number of ketones is 1. The molecule has 36 heavy (non-hydrogen) atoms. The van der Waals surface area contributed by atoms with Gasteiger partial charge in [-0.05, 0) is 62.8 Å². The third-order valence-corrected chi connectivity index (χ3v) is 6.80. The summed E-state index contributed by atoms with van der Waals surface area (Å²) in [5.41, 5.74) is 3.81. The van der Waals surface area contributed by atoms with Gasteiger partial charge in [0, 0.05) is 23.7 Å². The second-order valence-corrected chi connectivity index (χ2v) is 9.75. The molecule has 0 spiro atoms. The lowest BCUT2D eigenvalue weighted by Crippen LogP contribution is -2.41. The second-order valence-electron chi connectivity index (χ2n) is 9.75. The van der Waals surface area contributed by atoms with Crippen LogP contribution in [0.15, 0.2) is 64.8 Å². The van der Waals surface area contributed by atoms with Crippen molar-refractivity contribution in [1.82, 2.24) is 0 Å². The van der Waals surface area contributed by atoms with E-state index in [0.29, 0.717) is 42.2 Å². The van der Waals surface area contributed by atoms with E-state index in [2.05, 4.69) is 12.1 Å². The SMILES string of the molecule is CCCOc1ccc([C@H]2C(C(=O)OC(C)C)=C(C)N=C3C[C@H](c4ccccc4)CC(=O)C32)cc1OC. The highest BCUT2D eigenvalue weighted by Gasteiger charge is 2.46. The van der Waals surface area contributed by atoms with Gasteiger partial charge in [-0.15, -0.1) is 0 Å². The average Bonchev–Trinajstić information content (AvgIpc) is 2.86. The monoisotopic (exact) mass is 489 g/mol. The summed E-state index contributed by atoms with van der Waals surface area (Å²) in [5.74, 6) is -0.0723. The number of allylic oxidation sites excluding steroid dienone is 1. The summed E-state index contributed by atoms with van der Waals surface area (Å²) in [6.07, 6.45) is 1.67. The number of benzene rings is 2. The number of methoxy groups -OCH3 is 1. The van der Waals surface area contributed by atoms with Crippen LogP contribution < -0.4 is 9.47 Å². The van der Waals surface area contributed by atoms with Crippen LogP contribution in [-0.2, 0) is 14.3 Å². The minimum atomic E-state index is -0.518. The van der Waals surface area contributed by atoms with Gasteiger partial charge in [0.2, 0.25) is 0 Å². The Kier molecular flexibility index (Phi) is 7.92.